The lowest BCUT2D eigenvalue weighted by molar-refractivity contribution is 0.0754. The summed E-state index contributed by atoms with van der Waals surface area (Å²) in [7, 11) is 1.56. The normalized spacial score (nSPS) is 23.0. The molecule has 1 aromatic carbocycles. The number of rotatable bonds is 3. The molecule has 4 rings (SSSR count). The van der Waals surface area contributed by atoms with Crippen LogP contribution in [0.1, 0.15) is 47.1 Å². The number of aliphatic hydroxyl groups excluding tert-OH is 1. The van der Waals surface area contributed by atoms with E-state index < -0.39 is 12.3 Å². The molecule has 1 aliphatic carbocycles. The van der Waals surface area contributed by atoms with Crippen LogP contribution in [0.3, 0.4) is 0 Å². The SMILES string of the molecule is COC(N)c1cccc2c1OCC(c1cncc3c1CCC3O)O2. The fraction of sp³-hybridized carbons (Fsp3) is 0.389. The molecule has 3 N–H and O–H groups in total. The number of nitrogens with two attached hydrogens (primary N) is 1. The van der Waals surface area contributed by atoms with Gasteiger partial charge in [0.1, 0.15) is 12.8 Å². The summed E-state index contributed by atoms with van der Waals surface area (Å²) in [6.45, 7) is 0.370. The highest BCUT2D eigenvalue weighted by molar-refractivity contribution is 5.49. The fourth-order valence-corrected chi connectivity index (χ4v) is 3.44. The van der Waals surface area contributed by atoms with E-state index in [-0.39, 0.29) is 6.10 Å². The number of hydrogen-bond acceptors (Lipinski definition) is 6. The van der Waals surface area contributed by atoms with Crippen LogP contribution in [0.25, 0.3) is 0 Å². The predicted octanol–water partition coefficient (Wildman–Crippen LogP) is 2.18. The number of pyridine rings is 1. The van der Waals surface area contributed by atoms with E-state index in [0.717, 1.165) is 35.1 Å². The molecule has 3 unspecified atom stereocenters. The van der Waals surface area contributed by atoms with Gasteiger partial charge in [-0.2, -0.15) is 0 Å². The van der Waals surface area contributed by atoms with Gasteiger partial charge >= 0.3 is 0 Å². The van der Waals surface area contributed by atoms with Gasteiger partial charge in [0.15, 0.2) is 17.6 Å². The first-order chi connectivity index (χ1) is 11.7. The lowest BCUT2D eigenvalue weighted by Gasteiger charge is -2.30. The smallest absolute Gasteiger partial charge is 0.168 e. The van der Waals surface area contributed by atoms with E-state index in [2.05, 4.69) is 4.98 Å². The zero-order valence-electron chi connectivity index (χ0n) is 13.4. The zero-order valence-corrected chi connectivity index (χ0v) is 13.4. The molecule has 1 aromatic heterocycles. The van der Waals surface area contributed by atoms with Gasteiger partial charge in [-0.05, 0) is 24.5 Å². The second-order valence-corrected chi connectivity index (χ2v) is 6.10. The molecule has 6 nitrogen and oxygen atoms in total. The highest BCUT2D eigenvalue weighted by Crippen LogP contribution is 2.43. The summed E-state index contributed by atoms with van der Waals surface area (Å²) in [4.78, 5) is 4.26. The van der Waals surface area contributed by atoms with Crippen molar-refractivity contribution >= 4 is 0 Å². The Morgan fingerprint density at radius 1 is 1.33 bits per heavy atom. The van der Waals surface area contributed by atoms with Crippen molar-refractivity contribution in [1.82, 2.24) is 4.98 Å². The highest BCUT2D eigenvalue weighted by atomic mass is 16.6. The second-order valence-electron chi connectivity index (χ2n) is 6.10. The second kappa shape index (κ2) is 6.05. The summed E-state index contributed by atoms with van der Waals surface area (Å²) in [6.07, 6.45) is 3.86. The minimum absolute atomic E-state index is 0.251. The van der Waals surface area contributed by atoms with E-state index in [9.17, 15) is 5.11 Å². The summed E-state index contributed by atoms with van der Waals surface area (Å²) in [5, 5.41) is 10.0. The fourth-order valence-electron chi connectivity index (χ4n) is 3.44. The van der Waals surface area contributed by atoms with E-state index in [1.807, 2.05) is 18.2 Å². The van der Waals surface area contributed by atoms with Crippen molar-refractivity contribution in [3.8, 4) is 11.5 Å². The molecule has 1 aliphatic heterocycles. The Kier molecular flexibility index (Phi) is 3.88. The lowest BCUT2D eigenvalue weighted by atomic mass is 10.0. The first-order valence-electron chi connectivity index (χ1n) is 8.04. The van der Waals surface area contributed by atoms with Gasteiger partial charge in [0, 0.05) is 36.2 Å². The van der Waals surface area contributed by atoms with Crippen LogP contribution in [0.2, 0.25) is 0 Å². The van der Waals surface area contributed by atoms with Gasteiger partial charge in [-0.15, -0.1) is 0 Å². The molecule has 0 saturated heterocycles. The largest absolute Gasteiger partial charge is 0.485 e. The summed E-state index contributed by atoms with van der Waals surface area (Å²) < 4.78 is 17.3. The maximum absolute atomic E-state index is 10.0. The van der Waals surface area contributed by atoms with Crippen LogP contribution >= 0.6 is 0 Å². The quantitative estimate of drug-likeness (QED) is 0.840. The van der Waals surface area contributed by atoms with E-state index in [0.29, 0.717) is 18.1 Å². The van der Waals surface area contributed by atoms with Crippen molar-refractivity contribution < 1.29 is 19.3 Å². The van der Waals surface area contributed by atoms with Gasteiger partial charge < -0.3 is 25.1 Å². The molecule has 0 fully saturated rings. The van der Waals surface area contributed by atoms with E-state index in [1.54, 1.807) is 19.5 Å². The molecular formula is C18H20N2O4. The highest BCUT2D eigenvalue weighted by Gasteiger charge is 2.31. The third-order valence-corrected chi connectivity index (χ3v) is 4.72. The number of para-hydroxylation sites is 1. The number of benzene rings is 1. The summed E-state index contributed by atoms with van der Waals surface area (Å²) >= 11 is 0. The third-order valence-electron chi connectivity index (χ3n) is 4.72. The van der Waals surface area contributed by atoms with Crippen LogP contribution in [0, 0.1) is 0 Å². The predicted molar refractivity (Wildman–Crippen MR) is 86.8 cm³/mol. The molecule has 126 valence electrons. The molecule has 0 saturated carbocycles. The molecule has 0 amide bonds. The molecule has 24 heavy (non-hydrogen) atoms. The summed E-state index contributed by atoms with van der Waals surface area (Å²) in [5.74, 6) is 1.27. The van der Waals surface area contributed by atoms with Crippen molar-refractivity contribution in [2.45, 2.75) is 31.3 Å². The van der Waals surface area contributed by atoms with E-state index in [1.165, 1.54) is 0 Å². The monoisotopic (exact) mass is 328 g/mol. The van der Waals surface area contributed by atoms with Gasteiger partial charge in [-0.3, -0.25) is 4.98 Å². The lowest BCUT2D eigenvalue weighted by Crippen LogP contribution is -2.25. The molecule has 0 bridgehead atoms. The Morgan fingerprint density at radius 3 is 3.00 bits per heavy atom. The van der Waals surface area contributed by atoms with Crippen molar-refractivity contribution in [1.29, 1.82) is 0 Å². The van der Waals surface area contributed by atoms with Crippen LogP contribution < -0.4 is 15.2 Å². The van der Waals surface area contributed by atoms with Crippen LogP contribution in [0.15, 0.2) is 30.6 Å². The molecule has 2 aliphatic rings. The molecular weight excluding hydrogens is 308 g/mol. The Bertz CT molecular complexity index is 765. The van der Waals surface area contributed by atoms with Crippen molar-refractivity contribution in [2.24, 2.45) is 5.73 Å². The summed E-state index contributed by atoms with van der Waals surface area (Å²) in [5.41, 5.74) is 9.73. The Balaban J connectivity index is 1.67. The van der Waals surface area contributed by atoms with Gasteiger partial charge in [-0.1, -0.05) is 12.1 Å². The Morgan fingerprint density at radius 2 is 2.17 bits per heavy atom. The van der Waals surface area contributed by atoms with Crippen LogP contribution in [0.4, 0.5) is 0 Å². The van der Waals surface area contributed by atoms with Crippen LogP contribution in [-0.4, -0.2) is 23.8 Å². The average molecular weight is 328 g/mol. The standard InChI is InChI=1S/C18H20N2O4/c1-22-18(19)11-3-2-4-15-17(11)23-9-16(24-15)13-8-20-7-12-10(13)5-6-14(12)21/h2-4,7-8,14,16,18,21H,5-6,9,19H2,1H3. The molecule has 0 radical (unpaired) electrons. The van der Waals surface area contributed by atoms with Crippen LogP contribution in [0.5, 0.6) is 11.5 Å². The minimum atomic E-state index is -0.558. The average Bonchev–Trinajstić information content (AvgIpc) is 3.01. The Hall–Kier alpha value is -2.15. The number of methoxy groups -OCH3 is 1. The molecule has 0 spiro atoms. The number of aliphatic hydroxyl groups is 1. The maximum atomic E-state index is 10.0. The molecule has 2 heterocycles. The number of hydrogen-bond donors (Lipinski definition) is 2. The van der Waals surface area contributed by atoms with E-state index >= 15 is 0 Å². The van der Waals surface area contributed by atoms with Gasteiger partial charge in [0.05, 0.1) is 6.10 Å². The number of aromatic nitrogens is 1. The maximum Gasteiger partial charge on any atom is 0.168 e. The third kappa shape index (κ3) is 2.43. The van der Waals surface area contributed by atoms with Crippen molar-refractivity contribution in [3.05, 3.63) is 52.8 Å². The number of fused-ring (bicyclic) bond motifs is 2. The zero-order chi connectivity index (χ0) is 16.7. The Labute approximate surface area is 140 Å². The van der Waals surface area contributed by atoms with Gasteiger partial charge in [-0.25, -0.2) is 0 Å². The topological polar surface area (TPSA) is 86.8 Å². The summed E-state index contributed by atoms with van der Waals surface area (Å²) in [6, 6.07) is 5.60. The van der Waals surface area contributed by atoms with Crippen molar-refractivity contribution in [2.75, 3.05) is 13.7 Å². The first kappa shape index (κ1) is 15.4. The first-order valence-corrected chi connectivity index (χ1v) is 8.04. The van der Waals surface area contributed by atoms with Crippen molar-refractivity contribution in [3.63, 3.8) is 0 Å². The minimum Gasteiger partial charge on any atom is -0.485 e. The molecule has 2 aromatic rings. The number of ether oxygens (including phenoxy) is 3. The molecule has 3 atom stereocenters. The van der Waals surface area contributed by atoms with Gasteiger partial charge in [0.25, 0.3) is 0 Å². The van der Waals surface area contributed by atoms with Gasteiger partial charge in [0.2, 0.25) is 0 Å². The molecule has 6 heteroatoms. The number of nitrogens with zero attached hydrogens (tertiary/aromatic N) is 1. The van der Waals surface area contributed by atoms with Crippen LogP contribution in [-0.2, 0) is 11.2 Å². The van der Waals surface area contributed by atoms with E-state index in [4.69, 9.17) is 19.9 Å².